The average Bonchev–Trinajstić information content (AvgIpc) is 3.24. The predicted octanol–water partition coefficient (Wildman–Crippen LogP) is 4.09. The standard InChI is InChI=1S/C22H23N3O2S/c1-16-3-5-17(6-4-16)21-23-20(15-28-21)22(26)25-13-11-24(12-14-25)18-7-9-19(27-2)10-8-18/h3-10,15H,11-14H2,1-2H3. The van der Waals surface area contributed by atoms with Gasteiger partial charge in [0.25, 0.3) is 5.91 Å². The van der Waals surface area contributed by atoms with Crippen LogP contribution in [0.1, 0.15) is 16.1 Å². The van der Waals surface area contributed by atoms with Crippen LogP contribution in [0.4, 0.5) is 5.69 Å². The number of thiazole rings is 1. The molecule has 1 aliphatic heterocycles. The van der Waals surface area contributed by atoms with Crippen LogP contribution in [-0.2, 0) is 0 Å². The van der Waals surface area contributed by atoms with Gasteiger partial charge in [-0.2, -0.15) is 0 Å². The number of benzene rings is 2. The smallest absolute Gasteiger partial charge is 0.273 e. The molecule has 0 atom stereocenters. The van der Waals surface area contributed by atoms with Crippen LogP contribution < -0.4 is 9.64 Å². The van der Waals surface area contributed by atoms with Crippen molar-refractivity contribution < 1.29 is 9.53 Å². The predicted molar refractivity (Wildman–Crippen MR) is 113 cm³/mol. The van der Waals surface area contributed by atoms with Crippen LogP contribution in [-0.4, -0.2) is 49.1 Å². The molecule has 0 unspecified atom stereocenters. The van der Waals surface area contributed by atoms with Crippen LogP contribution in [0.5, 0.6) is 5.75 Å². The lowest BCUT2D eigenvalue weighted by Crippen LogP contribution is -2.48. The quantitative estimate of drug-likeness (QED) is 0.670. The summed E-state index contributed by atoms with van der Waals surface area (Å²) in [6.45, 7) is 5.08. The SMILES string of the molecule is COc1ccc(N2CCN(C(=O)c3csc(-c4ccc(C)cc4)n3)CC2)cc1. The second kappa shape index (κ2) is 8.02. The number of methoxy groups -OCH3 is 1. The third-order valence-electron chi connectivity index (χ3n) is 5.03. The molecule has 2 aromatic carbocycles. The minimum absolute atomic E-state index is 0.0176. The number of carbonyl (C=O) groups excluding carboxylic acids is 1. The van der Waals surface area contributed by atoms with Gasteiger partial charge in [-0.25, -0.2) is 4.98 Å². The lowest BCUT2D eigenvalue weighted by molar-refractivity contribution is 0.0742. The maximum atomic E-state index is 12.9. The number of aryl methyl sites for hydroxylation is 1. The van der Waals surface area contributed by atoms with Gasteiger partial charge in [-0.1, -0.05) is 29.8 Å². The van der Waals surface area contributed by atoms with Gasteiger partial charge in [-0.3, -0.25) is 4.79 Å². The van der Waals surface area contributed by atoms with E-state index in [-0.39, 0.29) is 5.91 Å². The molecule has 6 heteroatoms. The normalized spacial score (nSPS) is 14.2. The van der Waals surface area contributed by atoms with Gasteiger partial charge in [0.1, 0.15) is 16.5 Å². The maximum Gasteiger partial charge on any atom is 0.273 e. The molecule has 0 N–H and O–H groups in total. The zero-order valence-corrected chi connectivity index (χ0v) is 16.9. The molecule has 1 fully saturated rings. The lowest BCUT2D eigenvalue weighted by atomic mass is 10.2. The third kappa shape index (κ3) is 3.87. The highest BCUT2D eigenvalue weighted by atomic mass is 32.1. The first-order valence-electron chi connectivity index (χ1n) is 9.35. The van der Waals surface area contributed by atoms with E-state index in [0.29, 0.717) is 18.8 Å². The number of aromatic nitrogens is 1. The molecule has 0 saturated carbocycles. The summed E-state index contributed by atoms with van der Waals surface area (Å²) in [5, 5.41) is 2.76. The number of amides is 1. The van der Waals surface area contributed by atoms with Crippen LogP contribution in [0.25, 0.3) is 10.6 Å². The number of hydrogen-bond donors (Lipinski definition) is 0. The first kappa shape index (κ1) is 18.5. The molecular weight excluding hydrogens is 370 g/mol. The van der Waals surface area contributed by atoms with Crippen molar-refractivity contribution in [3.05, 3.63) is 65.2 Å². The molecule has 28 heavy (non-hydrogen) atoms. The van der Waals surface area contributed by atoms with Gasteiger partial charge < -0.3 is 14.5 Å². The van der Waals surface area contributed by atoms with Crippen molar-refractivity contribution >= 4 is 22.9 Å². The first-order valence-corrected chi connectivity index (χ1v) is 10.2. The van der Waals surface area contributed by atoms with Gasteiger partial charge in [-0.15, -0.1) is 11.3 Å². The molecule has 1 aliphatic rings. The Morgan fingerprint density at radius 1 is 1.00 bits per heavy atom. The number of ether oxygens (including phenoxy) is 1. The second-order valence-corrected chi connectivity index (χ2v) is 7.74. The average molecular weight is 394 g/mol. The van der Waals surface area contributed by atoms with Gasteiger partial charge in [0.05, 0.1) is 7.11 Å². The lowest BCUT2D eigenvalue weighted by Gasteiger charge is -2.35. The van der Waals surface area contributed by atoms with Gasteiger partial charge in [0.2, 0.25) is 0 Å². The zero-order chi connectivity index (χ0) is 19.5. The monoisotopic (exact) mass is 393 g/mol. The maximum absolute atomic E-state index is 12.9. The molecule has 2 heterocycles. The van der Waals surface area contributed by atoms with E-state index in [1.165, 1.54) is 16.9 Å². The highest BCUT2D eigenvalue weighted by molar-refractivity contribution is 7.13. The summed E-state index contributed by atoms with van der Waals surface area (Å²) in [4.78, 5) is 21.6. The van der Waals surface area contributed by atoms with Gasteiger partial charge >= 0.3 is 0 Å². The number of anilines is 1. The van der Waals surface area contributed by atoms with Crippen molar-refractivity contribution in [1.82, 2.24) is 9.88 Å². The number of rotatable bonds is 4. The highest BCUT2D eigenvalue weighted by Crippen LogP contribution is 2.25. The van der Waals surface area contributed by atoms with E-state index < -0.39 is 0 Å². The van der Waals surface area contributed by atoms with E-state index in [9.17, 15) is 4.79 Å². The van der Waals surface area contributed by atoms with Crippen LogP contribution >= 0.6 is 11.3 Å². The molecule has 1 saturated heterocycles. The largest absolute Gasteiger partial charge is 0.497 e. The fraction of sp³-hybridized carbons (Fsp3) is 0.273. The first-order chi connectivity index (χ1) is 13.6. The fourth-order valence-electron chi connectivity index (χ4n) is 3.32. The molecule has 144 valence electrons. The van der Waals surface area contributed by atoms with E-state index in [0.717, 1.165) is 35.1 Å². The van der Waals surface area contributed by atoms with E-state index in [2.05, 4.69) is 53.2 Å². The Hall–Kier alpha value is -2.86. The highest BCUT2D eigenvalue weighted by Gasteiger charge is 2.24. The zero-order valence-electron chi connectivity index (χ0n) is 16.1. The molecule has 0 bridgehead atoms. The van der Waals surface area contributed by atoms with E-state index in [1.54, 1.807) is 7.11 Å². The Balaban J connectivity index is 1.39. The number of hydrogen-bond acceptors (Lipinski definition) is 5. The summed E-state index contributed by atoms with van der Waals surface area (Å²) >= 11 is 1.52. The molecule has 0 radical (unpaired) electrons. The Labute approximate surface area is 169 Å². The second-order valence-electron chi connectivity index (χ2n) is 6.88. The minimum atomic E-state index is 0.0176. The summed E-state index contributed by atoms with van der Waals surface area (Å²) in [7, 11) is 1.67. The van der Waals surface area contributed by atoms with Crippen LogP contribution in [0.3, 0.4) is 0 Å². The van der Waals surface area contributed by atoms with Crippen molar-refractivity contribution in [2.75, 3.05) is 38.2 Å². The molecule has 5 nitrogen and oxygen atoms in total. The van der Waals surface area contributed by atoms with Crippen LogP contribution in [0.15, 0.2) is 53.9 Å². The summed E-state index contributed by atoms with van der Waals surface area (Å²) in [6, 6.07) is 16.3. The van der Waals surface area contributed by atoms with E-state index in [4.69, 9.17) is 4.74 Å². The van der Waals surface area contributed by atoms with Gasteiger partial charge in [-0.05, 0) is 31.2 Å². The van der Waals surface area contributed by atoms with Crippen molar-refractivity contribution in [1.29, 1.82) is 0 Å². The van der Waals surface area contributed by atoms with Crippen molar-refractivity contribution in [3.63, 3.8) is 0 Å². The minimum Gasteiger partial charge on any atom is -0.497 e. The molecule has 1 aromatic heterocycles. The van der Waals surface area contributed by atoms with Crippen molar-refractivity contribution in [3.8, 4) is 16.3 Å². The molecule has 0 aliphatic carbocycles. The topological polar surface area (TPSA) is 45.7 Å². The van der Waals surface area contributed by atoms with Gasteiger partial charge in [0.15, 0.2) is 0 Å². The molecule has 0 spiro atoms. The molecule has 3 aromatic rings. The number of carbonyl (C=O) groups is 1. The summed E-state index contributed by atoms with van der Waals surface area (Å²) < 4.78 is 5.22. The van der Waals surface area contributed by atoms with Crippen molar-refractivity contribution in [2.24, 2.45) is 0 Å². The Morgan fingerprint density at radius 2 is 1.68 bits per heavy atom. The number of nitrogens with zero attached hydrogens (tertiary/aromatic N) is 3. The van der Waals surface area contributed by atoms with E-state index >= 15 is 0 Å². The molecule has 4 rings (SSSR count). The summed E-state index contributed by atoms with van der Waals surface area (Å²) in [5.41, 5.74) is 3.96. The summed E-state index contributed by atoms with van der Waals surface area (Å²) in [5.74, 6) is 0.870. The Kier molecular flexibility index (Phi) is 5.30. The van der Waals surface area contributed by atoms with Crippen molar-refractivity contribution in [2.45, 2.75) is 6.92 Å². The molecular formula is C22H23N3O2S. The van der Waals surface area contributed by atoms with Crippen LogP contribution in [0.2, 0.25) is 0 Å². The fourth-order valence-corrected chi connectivity index (χ4v) is 4.12. The summed E-state index contributed by atoms with van der Waals surface area (Å²) in [6.07, 6.45) is 0. The Bertz CT molecular complexity index is 943. The number of piperazine rings is 1. The van der Waals surface area contributed by atoms with Gasteiger partial charge in [0, 0.05) is 42.8 Å². The van der Waals surface area contributed by atoms with E-state index in [1.807, 2.05) is 22.4 Å². The molecule has 1 amide bonds. The van der Waals surface area contributed by atoms with Crippen LogP contribution in [0, 0.1) is 6.92 Å². The third-order valence-corrected chi connectivity index (χ3v) is 5.92. The Morgan fingerprint density at radius 3 is 2.32 bits per heavy atom.